The second kappa shape index (κ2) is 3.60. The zero-order valence-electron chi connectivity index (χ0n) is 6.94. The maximum atomic E-state index is 5.30. The molecule has 0 saturated heterocycles. The van der Waals surface area contributed by atoms with Crippen molar-refractivity contribution in [2.75, 3.05) is 0 Å². The van der Waals surface area contributed by atoms with E-state index in [-0.39, 0.29) is 11.5 Å². The predicted molar refractivity (Wildman–Crippen MR) is 44.0 cm³/mol. The minimum absolute atomic E-state index is 0.140. The first-order valence-electron chi connectivity index (χ1n) is 3.42. The predicted octanol–water partition coefficient (Wildman–Crippen LogP) is 0.888. The number of nitrogens with one attached hydrogen (secondary N) is 1. The SMILES string of the molecule is C#CCC(NN)C(C)(C)C. The van der Waals surface area contributed by atoms with Crippen LogP contribution in [0.1, 0.15) is 27.2 Å². The van der Waals surface area contributed by atoms with E-state index in [1.165, 1.54) is 0 Å². The Morgan fingerprint density at radius 3 is 2.20 bits per heavy atom. The largest absolute Gasteiger partial charge is 0.271 e. The monoisotopic (exact) mass is 140 g/mol. The van der Waals surface area contributed by atoms with Crippen molar-refractivity contribution >= 4 is 0 Å². The van der Waals surface area contributed by atoms with Gasteiger partial charge < -0.3 is 0 Å². The Labute approximate surface area is 63.2 Å². The molecule has 0 heterocycles. The molecule has 0 bridgehead atoms. The summed E-state index contributed by atoms with van der Waals surface area (Å²) in [6, 6.07) is 0.206. The lowest BCUT2D eigenvalue weighted by atomic mass is 9.85. The van der Waals surface area contributed by atoms with E-state index < -0.39 is 0 Å². The molecule has 0 aliphatic carbocycles. The van der Waals surface area contributed by atoms with Crippen LogP contribution in [0.2, 0.25) is 0 Å². The van der Waals surface area contributed by atoms with E-state index in [2.05, 4.69) is 32.1 Å². The molecule has 10 heavy (non-hydrogen) atoms. The lowest BCUT2D eigenvalue weighted by Gasteiger charge is -2.28. The Hall–Kier alpha value is -0.520. The van der Waals surface area contributed by atoms with Gasteiger partial charge in [0.2, 0.25) is 0 Å². The van der Waals surface area contributed by atoms with Gasteiger partial charge in [0, 0.05) is 12.5 Å². The molecule has 0 amide bonds. The Morgan fingerprint density at radius 1 is 1.60 bits per heavy atom. The summed E-state index contributed by atoms with van der Waals surface area (Å²) < 4.78 is 0. The van der Waals surface area contributed by atoms with E-state index in [1.54, 1.807) is 0 Å². The number of rotatable bonds is 2. The zero-order chi connectivity index (χ0) is 8.20. The van der Waals surface area contributed by atoms with Crippen LogP contribution in [0.4, 0.5) is 0 Å². The molecule has 1 unspecified atom stereocenters. The highest BCUT2D eigenvalue weighted by Crippen LogP contribution is 2.20. The normalized spacial score (nSPS) is 14.3. The third-order valence-corrected chi connectivity index (χ3v) is 1.57. The molecule has 2 heteroatoms. The molecule has 0 aromatic carbocycles. The average Bonchev–Trinajstić information content (AvgIpc) is 1.80. The standard InChI is InChI=1S/C8H16N2/c1-5-6-7(10-9)8(2,3)4/h1,7,10H,6,9H2,2-4H3. The van der Waals surface area contributed by atoms with Gasteiger partial charge in [0.05, 0.1) is 0 Å². The Kier molecular flexibility index (Phi) is 3.41. The Morgan fingerprint density at radius 2 is 2.10 bits per heavy atom. The molecule has 2 nitrogen and oxygen atoms in total. The average molecular weight is 140 g/mol. The smallest absolute Gasteiger partial charge is 0.0368 e. The molecule has 3 N–H and O–H groups in total. The lowest BCUT2D eigenvalue weighted by Crippen LogP contribution is -2.43. The Balaban J connectivity index is 3.97. The molecular formula is C8H16N2. The quantitative estimate of drug-likeness (QED) is 0.339. The van der Waals surface area contributed by atoms with Crippen LogP contribution in [0.25, 0.3) is 0 Å². The van der Waals surface area contributed by atoms with E-state index in [0.717, 1.165) is 0 Å². The van der Waals surface area contributed by atoms with Crippen LogP contribution in [0, 0.1) is 17.8 Å². The molecule has 0 aliphatic rings. The van der Waals surface area contributed by atoms with Crippen LogP contribution >= 0.6 is 0 Å². The summed E-state index contributed by atoms with van der Waals surface area (Å²) in [4.78, 5) is 0. The molecule has 0 spiro atoms. The fraction of sp³-hybridized carbons (Fsp3) is 0.750. The van der Waals surface area contributed by atoms with Gasteiger partial charge in [0.15, 0.2) is 0 Å². The van der Waals surface area contributed by atoms with Crippen LogP contribution in [0.3, 0.4) is 0 Å². The third kappa shape index (κ3) is 2.86. The highest BCUT2D eigenvalue weighted by Gasteiger charge is 2.21. The molecule has 0 saturated carbocycles. The molecular weight excluding hydrogens is 124 g/mol. The zero-order valence-corrected chi connectivity index (χ0v) is 6.94. The number of nitrogens with two attached hydrogens (primary N) is 1. The molecule has 0 fully saturated rings. The van der Waals surface area contributed by atoms with Crippen LogP contribution < -0.4 is 11.3 Å². The molecule has 1 atom stereocenters. The van der Waals surface area contributed by atoms with E-state index in [1.807, 2.05) is 0 Å². The summed E-state index contributed by atoms with van der Waals surface area (Å²) in [5.41, 5.74) is 2.84. The first-order chi connectivity index (χ1) is 4.52. The summed E-state index contributed by atoms with van der Waals surface area (Å²) in [6.45, 7) is 6.32. The summed E-state index contributed by atoms with van der Waals surface area (Å²) in [6.07, 6.45) is 5.84. The van der Waals surface area contributed by atoms with E-state index in [0.29, 0.717) is 6.42 Å². The van der Waals surface area contributed by atoms with Crippen molar-refractivity contribution in [2.45, 2.75) is 33.2 Å². The van der Waals surface area contributed by atoms with E-state index in [4.69, 9.17) is 12.3 Å². The Bertz CT molecular complexity index is 127. The number of hydrazine groups is 1. The van der Waals surface area contributed by atoms with Gasteiger partial charge in [-0.25, -0.2) is 0 Å². The molecule has 58 valence electrons. The van der Waals surface area contributed by atoms with Gasteiger partial charge in [-0.15, -0.1) is 12.3 Å². The topological polar surface area (TPSA) is 38.0 Å². The lowest BCUT2D eigenvalue weighted by molar-refractivity contribution is 0.275. The van der Waals surface area contributed by atoms with Gasteiger partial charge in [-0.1, -0.05) is 20.8 Å². The van der Waals surface area contributed by atoms with Gasteiger partial charge in [-0.2, -0.15) is 0 Å². The first-order valence-corrected chi connectivity index (χ1v) is 3.42. The fourth-order valence-electron chi connectivity index (χ4n) is 0.733. The summed E-state index contributed by atoms with van der Waals surface area (Å²) in [5.74, 6) is 7.88. The van der Waals surface area contributed by atoms with Crippen molar-refractivity contribution in [1.29, 1.82) is 0 Å². The van der Waals surface area contributed by atoms with E-state index in [9.17, 15) is 0 Å². The molecule has 0 radical (unpaired) electrons. The molecule has 0 aromatic rings. The van der Waals surface area contributed by atoms with Crippen molar-refractivity contribution in [3.63, 3.8) is 0 Å². The van der Waals surface area contributed by atoms with Crippen LogP contribution in [0.5, 0.6) is 0 Å². The van der Waals surface area contributed by atoms with Gasteiger partial charge in [0.25, 0.3) is 0 Å². The fourth-order valence-corrected chi connectivity index (χ4v) is 0.733. The summed E-state index contributed by atoms with van der Waals surface area (Å²) in [7, 11) is 0. The van der Waals surface area contributed by atoms with Crippen molar-refractivity contribution in [3.8, 4) is 12.3 Å². The van der Waals surface area contributed by atoms with E-state index >= 15 is 0 Å². The van der Waals surface area contributed by atoms with Crippen molar-refractivity contribution in [1.82, 2.24) is 5.43 Å². The maximum Gasteiger partial charge on any atom is 0.0368 e. The highest BCUT2D eigenvalue weighted by molar-refractivity contribution is 4.93. The third-order valence-electron chi connectivity index (χ3n) is 1.57. The minimum Gasteiger partial charge on any atom is -0.271 e. The number of hydrogen-bond donors (Lipinski definition) is 2. The van der Waals surface area contributed by atoms with Gasteiger partial charge in [-0.3, -0.25) is 11.3 Å². The molecule has 0 aliphatic heterocycles. The van der Waals surface area contributed by atoms with Crippen molar-refractivity contribution in [2.24, 2.45) is 11.3 Å². The van der Waals surface area contributed by atoms with Crippen molar-refractivity contribution < 1.29 is 0 Å². The number of hydrogen-bond acceptors (Lipinski definition) is 2. The summed E-state index contributed by atoms with van der Waals surface area (Å²) >= 11 is 0. The first kappa shape index (κ1) is 9.48. The van der Waals surface area contributed by atoms with Gasteiger partial charge >= 0.3 is 0 Å². The second-order valence-electron chi connectivity index (χ2n) is 3.49. The molecule has 0 rings (SSSR count). The molecule has 0 aromatic heterocycles. The van der Waals surface area contributed by atoms with Gasteiger partial charge in [-0.05, 0) is 5.41 Å². The van der Waals surface area contributed by atoms with Crippen molar-refractivity contribution in [3.05, 3.63) is 0 Å². The van der Waals surface area contributed by atoms with Crippen LogP contribution in [-0.2, 0) is 0 Å². The minimum atomic E-state index is 0.140. The van der Waals surface area contributed by atoms with Crippen LogP contribution in [0.15, 0.2) is 0 Å². The van der Waals surface area contributed by atoms with Crippen LogP contribution in [-0.4, -0.2) is 6.04 Å². The summed E-state index contributed by atoms with van der Waals surface area (Å²) in [5, 5.41) is 0. The van der Waals surface area contributed by atoms with Gasteiger partial charge in [0.1, 0.15) is 0 Å². The maximum absolute atomic E-state index is 5.30. The number of terminal acetylenes is 1. The second-order valence-corrected chi connectivity index (χ2v) is 3.49. The highest BCUT2D eigenvalue weighted by atomic mass is 15.2.